The van der Waals surface area contributed by atoms with E-state index in [1.165, 1.54) is 30.1 Å². The van der Waals surface area contributed by atoms with Crippen molar-refractivity contribution in [1.82, 2.24) is 9.69 Å². The summed E-state index contributed by atoms with van der Waals surface area (Å²) in [7, 11) is -4.02. The third-order valence-electron chi connectivity index (χ3n) is 4.27. The van der Waals surface area contributed by atoms with E-state index in [0.29, 0.717) is 0 Å². The number of nitrogens with zero attached hydrogens (tertiary/aromatic N) is 2. The highest BCUT2D eigenvalue weighted by molar-refractivity contribution is 7.85. The van der Waals surface area contributed by atoms with Crippen LogP contribution in [0.3, 0.4) is 0 Å². The van der Waals surface area contributed by atoms with Crippen LogP contribution in [-0.4, -0.2) is 42.5 Å². The quantitative estimate of drug-likeness (QED) is 0.792. The molecular weight excluding hydrogens is 346 g/mol. The highest BCUT2D eigenvalue weighted by atomic mass is 32.2. The molecule has 2 fully saturated rings. The van der Waals surface area contributed by atoms with Crippen LogP contribution in [0.15, 0.2) is 35.2 Å². The first-order valence-corrected chi connectivity index (χ1v) is 10.0. The average Bonchev–Trinajstić information content (AvgIpc) is 3.23. The molecule has 2 atom stereocenters. The van der Waals surface area contributed by atoms with E-state index in [0.717, 1.165) is 29.9 Å². The Labute approximate surface area is 146 Å². The summed E-state index contributed by atoms with van der Waals surface area (Å²) < 4.78 is 33.9. The van der Waals surface area contributed by atoms with Gasteiger partial charge in [0.05, 0.1) is 10.6 Å². The van der Waals surface area contributed by atoms with Crippen molar-refractivity contribution in [3.63, 3.8) is 0 Å². The van der Waals surface area contributed by atoms with Crippen LogP contribution in [0.2, 0.25) is 0 Å². The lowest BCUT2D eigenvalue weighted by molar-refractivity contribution is 0.483. The monoisotopic (exact) mass is 367 g/mol. The predicted molar refractivity (Wildman–Crippen MR) is 95.4 cm³/mol. The molecule has 130 valence electrons. The normalized spacial score (nSPS) is 22.4. The van der Waals surface area contributed by atoms with Crippen molar-refractivity contribution < 1.29 is 13.0 Å². The number of benzene rings is 1. The summed E-state index contributed by atoms with van der Waals surface area (Å²) in [5, 5.41) is 4.86. The number of rotatable bonds is 2. The van der Waals surface area contributed by atoms with Crippen LogP contribution in [-0.2, 0) is 10.1 Å². The Kier molecular flexibility index (Phi) is 4.91. The predicted octanol–water partition coefficient (Wildman–Crippen LogP) is 2.24. The lowest BCUT2D eigenvalue weighted by Crippen LogP contribution is -2.43. The first-order chi connectivity index (χ1) is 11.3. The Morgan fingerprint density at radius 2 is 2.00 bits per heavy atom. The van der Waals surface area contributed by atoms with E-state index in [-0.39, 0.29) is 4.90 Å². The van der Waals surface area contributed by atoms with E-state index in [1.807, 2.05) is 6.92 Å². The molecule has 4 rings (SSSR count). The molecule has 0 unspecified atom stereocenters. The molecule has 2 bridgehead atoms. The van der Waals surface area contributed by atoms with Crippen LogP contribution < -0.4 is 10.2 Å². The fourth-order valence-corrected chi connectivity index (χ4v) is 4.35. The molecule has 2 aromatic rings. The second kappa shape index (κ2) is 6.79. The molecule has 2 aliphatic heterocycles. The minimum absolute atomic E-state index is 0.0666. The molecule has 3 heterocycles. The van der Waals surface area contributed by atoms with Gasteiger partial charge in [0.2, 0.25) is 0 Å². The van der Waals surface area contributed by atoms with Crippen LogP contribution in [0.1, 0.15) is 17.7 Å². The summed E-state index contributed by atoms with van der Waals surface area (Å²) in [5.41, 5.74) is 2.10. The van der Waals surface area contributed by atoms with Crippen molar-refractivity contribution in [3.8, 4) is 0 Å². The minimum Gasteiger partial charge on any atom is -0.356 e. The molecule has 6 nitrogen and oxygen atoms in total. The van der Waals surface area contributed by atoms with Crippen LogP contribution in [0, 0.1) is 13.8 Å². The number of hydrogen-bond acceptors (Lipinski definition) is 6. The Hall–Kier alpha value is -1.48. The summed E-state index contributed by atoms with van der Waals surface area (Å²) in [6, 6.07) is 9.64. The molecule has 0 amide bonds. The summed E-state index contributed by atoms with van der Waals surface area (Å²) in [5.74, 6) is 0. The highest BCUT2D eigenvalue weighted by Crippen LogP contribution is 2.32. The molecule has 0 spiro atoms. The Morgan fingerprint density at radius 3 is 2.46 bits per heavy atom. The van der Waals surface area contributed by atoms with Crippen molar-refractivity contribution in [2.45, 2.75) is 37.2 Å². The van der Waals surface area contributed by atoms with E-state index in [9.17, 15) is 8.42 Å². The maximum Gasteiger partial charge on any atom is 0.294 e. The van der Waals surface area contributed by atoms with Crippen LogP contribution in [0.25, 0.3) is 0 Å². The van der Waals surface area contributed by atoms with E-state index < -0.39 is 10.1 Å². The number of fused-ring (bicyclic) bond motifs is 2. The van der Waals surface area contributed by atoms with Gasteiger partial charge in [-0.05, 0) is 50.0 Å². The number of hydrogen-bond donors (Lipinski definition) is 2. The lowest BCUT2D eigenvalue weighted by atomic mass is 10.2. The Morgan fingerprint density at radius 1 is 1.29 bits per heavy atom. The molecule has 0 saturated carbocycles. The Bertz CT molecular complexity index is 802. The summed E-state index contributed by atoms with van der Waals surface area (Å²) >= 11 is 1.63. The molecule has 1 aromatic heterocycles. The molecular formula is C16H21N3O3S2. The average molecular weight is 367 g/mol. The molecule has 0 radical (unpaired) electrons. The standard InChI is InChI=1S/C9H13N3S.C7H8O3S/c1-6-2-9(13-11-6)12-5-7-3-8(12)4-10-7;1-6-2-4-7(5-3-6)11(8,9)10/h2,7-8,10H,3-5H2,1H3;2-5H,1H3,(H,8,9,10)/t7-,8-;/m0./s1. The largest absolute Gasteiger partial charge is 0.356 e. The first kappa shape index (κ1) is 17.3. The van der Waals surface area contributed by atoms with E-state index in [4.69, 9.17) is 4.55 Å². The van der Waals surface area contributed by atoms with Gasteiger partial charge in [0, 0.05) is 25.2 Å². The molecule has 2 saturated heterocycles. The van der Waals surface area contributed by atoms with Gasteiger partial charge < -0.3 is 10.2 Å². The van der Waals surface area contributed by atoms with Gasteiger partial charge in [-0.1, -0.05) is 17.7 Å². The topological polar surface area (TPSA) is 82.5 Å². The molecule has 24 heavy (non-hydrogen) atoms. The van der Waals surface area contributed by atoms with Crippen molar-refractivity contribution >= 4 is 26.7 Å². The van der Waals surface area contributed by atoms with Crippen molar-refractivity contribution in [3.05, 3.63) is 41.6 Å². The molecule has 2 N–H and O–H groups in total. The minimum atomic E-state index is -4.02. The zero-order valence-electron chi connectivity index (χ0n) is 13.6. The number of anilines is 1. The maximum absolute atomic E-state index is 10.5. The van der Waals surface area contributed by atoms with Crippen LogP contribution >= 0.6 is 11.5 Å². The maximum atomic E-state index is 10.5. The number of piperazine rings is 1. The third kappa shape index (κ3) is 3.94. The first-order valence-electron chi connectivity index (χ1n) is 7.80. The van der Waals surface area contributed by atoms with Gasteiger partial charge in [-0.3, -0.25) is 4.55 Å². The van der Waals surface area contributed by atoms with Gasteiger partial charge in [0.15, 0.2) is 0 Å². The van der Waals surface area contributed by atoms with Gasteiger partial charge in [-0.15, -0.1) is 0 Å². The van der Waals surface area contributed by atoms with Crippen molar-refractivity contribution in [2.24, 2.45) is 0 Å². The van der Waals surface area contributed by atoms with Crippen LogP contribution in [0.4, 0.5) is 5.00 Å². The second-order valence-electron chi connectivity index (χ2n) is 6.24. The van der Waals surface area contributed by atoms with E-state index in [1.54, 1.807) is 23.7 Å². The lowest BCUT2D eigenvalue weighted by Gasteiger charge is -2.27. The van der Waals surface area contributed by atoms with Gasteiger partial charge in [0.25, 0.3) is 10.1 Å². The van der Waals surface area contributed by atoms with E-state index in [2.05, 4.69) is 27.6 Å². The van der Waals surface area contributed by atoms with Crippen molar-refractivity contribution in [1.29, 1.82) is 0 Å². The van der Waals surface area contributed by atoms with Gasteiger partial charge in [-0.2, -0.15) is 12.8 Å². The molecule has 2 aliphatic rings. The number of aryl methyl sites for hydroxylation is 2. The summed E-state index contributed by atoms with van der Waals surface area (Å²) in [6.45, 7) is 6.23. The van der Waals surface area contributed by atoms with Crippen LogP contribution in [0.5, 0.6) is 0 Å². The molecule has 0 aliphatic carbocycles. The molecule has 8 heteroatoms. The fraction of sp³-hybridized carbons (Fsp3) is 0.438. The fourth-order valence-electron chi connectivity index (χ4n) is 3.03. The second-order valence-corrected chi connectivity index (χ2v) is 8.45. The van der Waals surface area contributed by atoms with Gasteiger partial charge in [0.1, 0.15) is 5.00 Å². The zero-order chi connectivity index (χ0) is 17.3. The van der Waals surface area contributed by atoms with E-state index >= 15 is 0 Å². The number of nitrogens with one attached hydrogen (secondary N) is 1. The summed E-state index contributed by atoms with van der Waals surface area (Å²) in [6.07, 6.45) is 1.32. The zero-order valence-corrected chi connectivity index (χ0v) is 15.3. The van der Waals surface area contributed by atoms with Gasteiger partial charge in [-0.25, -0.2) is 0 Å². The highest BCUT2D eigenvalue weighted by Gasteiger charge is 2.38. The third-order valence-corrected chi connectivity index (χ3v) is 6.06. The Balaban J connectivity index is 0.000000144. The summed E-state index contributed by atoms with van der Waals surface area (Å²) in [4.78, 5) is 2.44. The SMILES string of the molecule is Cc1cc(N2C[C@@H]3C[C@H]2CN3)sn1.Cc1ccc(S(=O)(=O)O)cc1. The number of aromatic nitrogens is 1. The van der Waals surface area contributed by atoms with Gasteiger partial charge >= 0.3 is 0 Å². The van der Waals surface area contributed by atoms with Crippen molar-refractivity contribution in [2.75, 3.05) is 18.0 Å². The smallest absolute Gasteiger partial charge is 0.294 e. The molecule has 1 aromatic carbocycles.